The van der Waals surface area contributed by atoms with Gasteiger partial charge in [0.25, 0.3) is 0 Å². The van der Waals surface area contributed by atoms with Crippen LogP contribution in [0.2, 0.25) is 0 Å². The van der Waals surface area contributed by atoms with Crippen LogP contribution in [0.25, 0.3) is 0 Å². The summed E-state index contributed by atoms with van der Waals surface area (Å²) in [5.74, 6) is 0.399. The number of ether oxygens (including phenoxy) is 1. The number of nitrogens with two attached hydrogens (primary N) is 1. The number of amides is 1. The van der Waals surface area contributed by atoms with E-state index in [4.69, 9.17) is 10.5 Å². The number of carbonyl (C=O) groups excluding carboxylic acids is 1. The Labute approximate surface area is 140 Å². The van der Waals surface area contributed by atoms with Gasteiger partial charge in [0.2, 0.25) is 5.91 Å². The van der Waals surface area contributed by atoms with Gasteiger partial charge in [0, 0.05) is 6.54 Å². The molecule has 0 saturated carbocycles. The zero-order chi connectivity index (χ0) is 15.7. The number of nitrogens with one attached hydrogen (secondary N) is 1. The lowest BCUT2D eigenvalue weighted by molar-refractivity contribution is -0.123. The van der Waals surface area contributed by atoms with Gasteiger partial charge in [-0.3, -0.25) is 4.79 Å². The molecule has 4 nitrogen and oxygen atoms in total. The fraction of sp³-hybridized carbons (Fsp3) is 0.588. The highest BCUT2D eigenvalue weighted by Gasteiger charge is 2.19. The molecule has 0 aromatic heterocycles. The molecule has 1 rings (SSSR count). The van der Waals surface area contributed by atoms with Crippen molar-refractivity contribution in [2.45, 2.75) is 39.8 Å². The van der Waals surface area contributed by atoms with Crippen molar-refractivity contribution in [3.63, 3.8) is 0 Å². The maximum absolute atomic E-state index is 11.9. The molecule has 3 atom stereocenters. The van der Waals surface area contributed by atoms with Crippen molar-refractivity contribution < 1.29 is 9.53 Å². The molecule has 3 unspecified atom stereocenters. The van der Waals surface area contributed by atoms with Crippen LogP contribution in [0.3, 0.4) is 0 Å². The topological polar surface area (TPSA) is 64.4 Å². The average molecular weight is 329 g/mol. The van der Waals surface area contributed by atoms with Gasteiger partial charge in [0.15, 0.2) is 0 Å². The molecular formula is C17H29ClN2O2. The SMILES string of the molecule is CCC(C)C(N)C(=O)NCC(C)COCc1ccccc1.Cl. The first-order valence-corrected chi connectivity index (χ1v) is 7.69. The largest absolute Gasteiger partial charge is 0.376 e. The predicted molar refractivity (Wildman–Crippen MR) is 93.0 cm³/mol. The summed E-state index contributed by atoms with van der Waals surface area (Å²) >= 11 is 0. The standard InChI is InChI=1S/C17H28N2O2.ClH/c1-4-14(3)16(18)17(20)19-10-13(2)11-21-12-15-8-6-5-7-9-15;/h5-9,13-14,16H,4,10-12,18H2,1-3H3,(H,19,20);1H. The van der Waals surface area contributed by atoms with E-state index in [0.717, 1.165) is 12.0 Å². The van der Waals surface area contributed by atoms with E-state index in [9.17, 15) is 4.79 Å². The van der Waals surface area contributed by atoms with Crippen LogP contribution in [-0.4, -0.2) is 25.1 Å². The van der Waals surface area contributed by atoms with Crippen LogP contribution < -0.4 is 11.1 Å². The van der Waals surface area contributed by atoms with E-state index in [-0.39, 0.29) is 30.2 Å². The minimum Gasteiger partial charge on any atom is -0.376 e. The molecule has 126 valence electrons. The van der Waals surface area contributed by atoms with Crippen molar-refractivity contribution in [3.05, 3.63) is 35.9 Å². The van der Waals surface area contributed by atoms with E-state index in [0.29, 0.717) is 19.8 Å². The Balaban J connectivity index is 0.00000441. The first kappa shape index (κ1) is 20.9. The monoisotopic (exact) mass is 328 g/mol. The fourth-order valence-electron chi connectivity index (χ4n) is 1.92. The smallest absolute Gasteiger partial charge is 0.237 e. The Hall–Kier alpha value is -1.10. The molecule has 1 aromatic rings. The lowest BCUT2D eigenvalue weighted by Crippen LogP contribution is -2.46. The van der Waals surface area contributed by atoms with Crippen molar-refractivity contribution in [3.8, 4) is 0 Å². The Morgan fingerprint density at radius 2 is 1.91 bits per heavy atom. The van der Waals surface area contributed by atoms with Crippen molar-refractivity contribution in [1.82, 2.24) is 5.32 Å². The fourth-order valence-corrected chi connectivity index (χ4v) is 1.92. The van der Waals surface area contributed by atoms with Gasteiger partial charge < -0.3 is 15.8 Å². The summed E-state index contributed by atoms with van der Waals surface area (Å²) in [5.41, 5.74) is 7.05. The van der Waals surface area contributed by atoms with Crippen molar-refractivity contribution in [1.29, 1.82) is 0 Å². The van der Waals surface area contributed by atoms with Gasteiger partial charge in [0.05, 0.1) is 19.3 Å². The van der Waals surface area contributed by atoms with E-state index >= 15 is 0 Å². The predicted octanol–water partition coefficient (Wildman–Crippen LogP) is 2.75. The van der Waals surface area contributed by atoms with Crippen molar-refractivity contribution in [2.24, 2.45) is 17.6 Å². The molecule has 0 aliphatic carbocycles. The van der Waals surface area contributed by atoms with Crippen molar-refractivity contribution >= 4 is 18.3 Å². The number of halogens is 1. The molecule has 0 aliphatic heterocycles. The third-order valence-electron chi connectivity index (χ3n) is 3.70. The van der Waals surface area contributed by atoms with E-state index < -0.39 is 6.04 Å². The van der Waals surface area contributed by atoms with Crippen LogP contribution in [-0.2, 0) is 16.1 Å². The Kier molecular flexibility index (Phi) is 10.9. The lowest BCUT2D eigenvalue weighted by atomic mass is 9.99. The molecular weight excluding hydrogens is 300 g/mol. The second-order valence-electron chi connectivity index (χ2n) is 5.76. The highest BCUT2D eigenvalue weighted by atomic mass is 35.5. The Morgan fingerprint density at radius 3 is 2.50 bits per heavy atom. The van der Waals surface area contributed by atoms with E-state index in [1.165, 1.54) is 0 Å². The average Bonchev–Trinajstić information content (AvgIpc) is 2.52. The Morgan fingerprint density at radius 1 is 1.27 bits per heavy atom. The lowest BCUT2D eigenvalue weighted by Gasteiger charge is -2.19. The molecule has 1 amide bonds. The Bertz CT molecular complexity index is 414. The maximum atomic E-state index is 11.9. The highest BCUT2D eigenvalue weighted by Crippen LogP contribution is 2.06. The summed E-state index contributed by atoms with van der Waals surface area (Å²) in [6.07, 6.45) is 0.907. The summed E-state index contributed by atoms with van der Waals surface area (Å²) in [6, 6.07) is 9.64. The number of carbonyl (C=O) groups is 1. The summed E-state index contributed by atoms with van der Waals surface area (Å²) in [5, 5.41) is 2.90. The molecule has 0 radical (unpaired) electrons. The summed E-state index contributed by atoms with van der Waals surface area (Å²) < 4.78 is 5.66. The van der Waals surface area contributed by atoms with Crippen LogP contribution in [0.5, 0.6) is 0 Å². The molecule has 22 heavy (non-hydrogen) atoms. The molecule has 0 fully saturated rings. The van der Waals surface area contributed by atoms with Crippen LogP contribution >= 0.6 is 12.4 Å². The number of rotatable bonds is 9. The number of benzene rings is 1. The van der Waals surface area contributed by atoms with E-state index in [1.54, 1.807) is 0 Å². The van der Waals surface area contributed by atoms with Crippen LogP contribution in [0.15, 0.2) is 30.3 Å². The summed E-state index contributed by atoms with van der Waals surface area (Å²) in [7, 11) is 0. The van der Waals surface area contributed by atoms with Gasteiger partial charge >= 0.3 is 0 Å². The van der Waals surface area contributed by atoms with Gasteiger partial charge in [0.1, 0.15) is 0 Å². The molecule has 1 aromatic carbocycles. The zero-order valence-electron chi connectivity index (χ0n) is 13.7. The molecule has 5 heteroatoms. The summed E-state index contributed by atoms with van der Waals surface area (Å²) in [6.45, 7) is 7.91. The van der Waals surface area contributed by atoms with Crippen molar-refractivity contribution in [2.75, 3.05) is 13.2 Å². The number of hydrogen-bond donors (Lipinski definition) is 2. The molecule has 3 N–H and O–H groups in total. The van der Waals surface area contributed by atoms with Crippen LogP contribution in [0.4, 0.5) is 0 Å². The number of hydrogen-bond acceptors (Lipinski definition) is 3. The van der Waals surface area contributed by atoms with Gasteiger partial charge in [-0.05, 0) is 17.4 Å². The summed E-state index contributed by atoms with van der Waals surface area (Å²) in [4.78, 5) is 11.9. The normalized spacial score (nSPS) is 14.5. The van der Waals surface area contributed by atoms with Gasteiger partial charge in [-0.15, -0.1) is 12.4 Å². The van der Waals surface area contributed by atoms with Gasteiger partial charge in [-0.2, -0.15) is 0 Å². The molecule has 0 heterocycles. The second-order valence-corrected chi connectivity index (χ2v) is 5.76. The van der Waals surface area contributed by atoms with E-state index in [2.05, 4.69) is 12.2 Å². The first-order valence-electron chi connectivity index (χ1n) is 7.69. The van der Waals surface area contributed by atoms with Crippen LogP contribution in [0.1, 0.15) is 32.8 Å². The van der Waals surface area contributed by atoms with Gasteiger partial charge in [-0.25, -0.2) is 0 Å². The third kappa shape index (κ3) is 7.78. The molecule has 0 spiro atoms. The zero-order valence-corrected chi connectivity index (χ0v) is 14.6. The van der Waals surface area contributed by atoms with Gasteiger partial charge in [-0.1, -0.05) is 57.5 Å². The molecule has 0 bridgehead atoms. The maximum Gasteiger partial charge on any atom is 0.237 e. The minimum absolute atomic E-state index is 0. The molecule has 0 aliphatic rings. The highest BCUT2D eigenvalue weighted by molar-refractivity contribution is 5.85. The van der Waals surface area contributed by atoms with E-state index in [1.807, 2.05) is 44.2 Å². The second kappa shape index (κ2) is 11.5. The van der Waals surface area contributed by atoms with Crippen LogP contribution in [0, 0.1) is 11.8 Å². The minimum atomic E-state index is -0.424. The third-order valence-corrected chi connectivity index (χ3v) is 3.70. The first-order chi connectivity index (χ1) is 10.0. The molecule has 0 saturated heterocycles. The quantitative estimate of drug-likeness (QED) is 0.732.